The van der Waals surface area contributed by atoms with Crippen molar-refractivity contribution in [2.75, 3.05) is 0 Å². The van der Waals surface area contributed by atoms with Crippen LogP contribution in [0.25, 0.3) is 10.9 Å². The van der Waals surface area contributed by atoms with E-state index < -0.39 is 5.97 Å². The van der Waals surface area contributed by atoms with Gasteiger partial charge in [-0.05, 0) is 56.1 Å². The van der Waals surface area contributed by atoms with Crippen LogP contribution in [0.1, 0.15) is 36.5 Å². The summed E-state index contributed by atoms with van der Waals surface area (Å²) in [6.45, 7) is 2.34. The number of ether oxygens (including phenoxy) is 1. The smallest absolute Gasteiger partial charge is 0.338 e. The lowest BCUT2D eigenvalue weighted by Crippen LogP contribution is -2.22. The predicted molar refractivity (Wildman–Crippen MR) is 94.4 cm³/mol. The van der Waals surface area contributed by atoms with Crippen LogP contribution in [0, 0.1) is 23.0 Å². The van der Waals surface area contributed by atoms with Crippen molar-refractivity contribution >= 4 is 29.1 Å². The van der Waals surface area contributed by atoms with E-state index in [4.69, 9.17) is 23.4 Å². The van der Waals surface area contributed by atoms with Gasteiger partial charge >= 0.3 is 5.97 Å². The number of carbonyl (C=O) groups excluding carboxylic acids is 1. The molecule has 1 aliphatic carbocycles. The number of H-pyrrole nitrogens is 1. The van der Waals surface area contributed by atoms with Gasteiger partial charge in [-0.25, -0.2) is 4.79 Å². The Labute approximate surface area is 144 Å². The average Bonchev–Trinajstić information content (AvgIpc) is 3.39. The van der Waals surface area contributed by atoms with Crippen molar-refractivity contribution in [1.82, 2.24) is 9.55 Å². The summed E-state index contributed by atoms with van der Waals surface area (Å²) in [7, 11) is 0. The van der Waals surface area contributed by atoms with Gasteiger partial charge in [0.05, 0.1) is 16.5 Å². The van der Waals surface area contributed by atoms with Crippen molar-refractivity contribution in [2.45, 2.75) is 38.8 Å². The van der Waals surface area contributed by atoms with Crippen LogP contribution in [-0.2, 0) is 11.3 Å². The van der Waals surface area contributed by atoms with E-state index in [1.54, 1.807) is 18.2 Å². The molecule has 1 heterocycles. The van der Waals surface area contributed by atoms with Crippen molar-refractivity contribution in [3.63, 3.8) is 0 Å². The van der Waals surface area contributed by atoms with E-state index in [1.165, 1.54) is 4.57 Å². The zero-order valence-electron chi connectivity index (χ0n) is 13.4. The average molecular weight is 342 g/mol. The second-order valence-electron chi connectivity index (χ2n) is 5.93. The maximum atomic E-state index is 12.4. The van der Waals surface area contributed by atoms with Gasteiger partial charge in [0.25, 0.3) is 5.56 Å². The largest absolute Gasteiger partial charge is 0.457 e. The van der Waals surface area contributed by atoms with Crippen LogP contribution in [0.2, 0.25) is 0 Å². The molecule has 2 aromatic rings. The number of hydrogen-bond acceptors (Lipinski definition) is 4. The highest BCUT2D eigenvalue weighted by Crippen LogP contribution is 2.36. The number of nitrogens with one attached hydrogen (secondary N) is 1. The first-order valence-electron chi connectivity index (χ1n) is 7.96. The van der Waals surface area contributed by atoms with Gasteiger partial charge in [-0.3, -0.25) is 9.36 Å². The molecule has 1 saturated carbocycles. The van der Waals surface area contributed by atoms with E-state index in [0.29, 0.717) is 40.1 Å². The molecule has 6 heteroatoms. The van der Waals surface area contributed by atoms with E-state index in [2.05, 4.69) is 10.9 Å². The molecule has 0 aliphatic heterocycles. The zero-order valence-corrected chi connectivity index (χ0v) is 14.2. The third-order valence-corrected chi connectivity index (χ3v) is 4.58. The van der Waals surface area contributed by atoms with Crippen molar-refractivity contribution in [3.05, 3.63) is 38.9 Å². The number of carbonyl (C=O) groups is 1. The SMILES string of the molecule is C#CC[C@@H](OC(=O)c1ccc2c(=O)n(CC)c(=S)[nH]c2c1)C1CC1. The van der Waals surface area contributed by atoms with Crippen molar-refractivity contribution in [2.24, 2.45) is 5.92 Å². The lowest BCUT2D eigenvalue weighted by Gasteiger charge is -2.15. The van der Waals surface area contributed by atoms with Gasteiger partial charge in [0.1, 0.15) is 6.10 Å². The topological polar surface area (TPSA) is 64.1 Å². The van der Waals surface area contributed by atoms with Gasteiger partial charge in [0.15, 0.2) is 4.77 Å². The number of aromatic amines is 1. The molecule has 124 valence electrons. The summed E-state index contributed by atoms with van der Waals surface area (Å²) in [5.74, 6) is 2.50. The fourth-order valence-corrected chi connectivity index (χ4v) is 3.08. The summed E-state index contributed by atoms with van der Waals surface area (Å²) in [6, 6.07) is 4.83. The fraction of sp³-hybridized carbons (Fsp3) is 0.389. The van der Waals surface area contributed by atoms with Crippen LogP contribution < -0.4 is 5.56 Å². The molecular weight excluding hydrogens is 324 g/mol. The van der Waals surface area contributed by atoms with E-state index in [1.807, 2.05) is 6.92 Å². The first-order chi connectivity index (χ1) is 11.5. The van der Waals surface area contributed by atoms with Crippen LogP contribution in [-0.4, -0.2) is 21.6 Å². The molecule has 0 spiro atoms. The quantitative estimate of drug-likeness (QED) is 0.515. The monoisotopic (exact) mass is 342 g/mol. The summed E-state index contributed by atoms with van der Waals surface area (Å²) < 4.78 is 7.37. The molecule has 5 nitrogen and oxygen atoms in total. The number of rotatable bonds is 5. The van der Waals surface area contributed by atoms with Gasteiger partial charge in [-0.15, -0.1) is 12.3 Å². The lowest BCUT2D eigenvalue weighted by atomic mass is 10.1. The molecule has 1 aliphatic rings. The van der Waals surface area contributed by atoms with Crippen molar-refractivity contribution < 1.29 is 9.53 Å². The molecule has 1 fully saturated rings. The Kier molecular flexibility index (Phi) is 4.54. The van der Waals surface area contributed by atoms with Gasteiger partial charge < -0.3 is 9.72 Å². The summed E-state index contributed by atoms with van der Waals surface area (Å²) in [4.78, 5) is 27.7. The van der Waals surface area contributed by atoms with Gasteiger partial charge in [-0.1, -0.05) is 0 Å². The second-order valence-corrected chi connectivity index (χ2v) is 6.32. The second kappa shape index (κ2) is 6.62. The van der Waals surface area contributed by atoms with Gasteiger partial charge in [-0.2, -0.15) is 0 Å². The van der Waals surface area contributed by atoms with Crippen LogP contribution in [0.5, 0.6) is 0 Å². The Morgan fingerprint density at radius 1 is 1.54 bits per heavy atom. The first-order valence-corrected chi connectivity index (χ1v) is 8.37. The highest BCUT2D eigenvalue weighted by molar-refractivity contribution is 7.71. The van der Waals surface area contributed by atoms with Crippen molar-refractivity contribution in [1.29, 1.82) is 0 Å². The number of fused-ring (bicyclic) bond motifs is 1. The summed E-state index contributed by atoms with van der Waals surface area (Å²) in [5.41, 5.74) is 0.743. The molecule has 24 heavy (non-hydrogen) atoms. The minimum absolute atomic E-state index is 0.167. The highest BCUT2D eigenvalue weighted by Gasteiger charge is 2.33. The maximum absolute atomic E-state index is 12.4. The van der Waals surface area contributed by atoms with Crippen LogP contribution in [0.15, 0.2) is 23.0 Å². The minimum Gasteiger partial charge on any atom is -0.457 e. The number of aromatic nitrogens is 2. The first kappa shape index (κ1) is 16.5. The Bertz CT molecular complexity index is 947. The molecule has 0 radical (unpaired) electrons. The third kappa shape index (κ3) is 3.13. The number of nitrogens with zero attached hydrogens (tertiary/aromatic N) is 1. The number of esters is 1. The Balaban J connectivity index is 1.93. The molecule has 0 saturated heterocycles. The number of terminal acetylenes is 1. The molecule has 1 aromatic carbocycles. The summed E-state index contributed by atoms with van der Waals surface area (Å²) in [5, 5.41) is 0.490. The van der Waals surface area contributed by atoms with Crippen LogP contribution in [0.3, 0.4) is 0 Å². The standard InChI is InChI=1S/C18H18N2O3S/c1-3-5-15(11-6-7-11)23-17(22)12-8-9-13-14(10-12)19-18(24)20(4-2)16(13)21/h1,8-11,15H,4-7H2,2H3,(H,19,24)/t15-/m1/s1. The highest BCUT2D eigenvalue weighted by atomic mass is 32.1. The van der Waals surface area contributed by atoms with E-state index >= 15 is 0 Å². The van der Waals surface area contributed by atoms with E-state index in [9.17, 15) is 9.59 Å². The van der Waals surface area contributed by atoms with Gasteiger partial charge in [0, 0.05) is 13.0 Å². The van der Waals surface area contributed by atoms with E-state index in [-0.39, 0.29) is 11.7 Å². The molecule has 1 aromatic heterocycles. The maximum Gasteiger partial charge on any atom is 0.338 e. The Hall–Kier alpha value is -2.39. The molecule has 0 bridgehead atoms. The molecule has 1 N–H and O–H groups in total. The Morgan fingerprint density at radius 2 is 2.29 bits per heavy atom. The van der Waals surface area contributed by atoms with E-state index in [0.717, 1.165) is 12.8 Å². The van der Waals surface area contributed by atoms with Crippen LogP contribution in [0.4, 0.5) is 0 Å². The molecular formula is C18H18N2O3S. The normalized spacial score (nSPS) is 15.0. The molecule has 0 unspecified atom stereocenters. The lowest BCUT2D eigenvalue weighted by molar-refractivity contribution is 0.0261. The number of benzene rings is 1. The summed E-state index contributed by atoms with van der Waals surface area (Å²) >= 11 is 5.19. The Morgan fingerprint density at radius 3 is 2.92 bits per heavy atom. The minimum atomic E-state index is -0.428. The fourth-order valence-electron chi connectivity index (χ4n) is 2.76. The predicted octanol–water partition coefficient (Wildman–Crippen LogP) is 3.04. The van der Waals surface area contributed by atoms with Gasteiger partial charge in [0.2, 0.25) is 0 Å². The molecule has 3 rings (SSSR count). The zero-order chi connectivity index (χ0) is 17.3. The number of hydrogen-bond donors (Lipinski definition) is 1. The van der Waals surface area contributed by atoms with Crippen molar-refractivity contribution in [3.8, 4) is 12.3 Å². The molecule has 1 atom stereocenters. The third-order valence-electron chi connectivity index (χ3n) is 4.26. The van der Waals surface area contributed by atoms with Crippen LogP contribution >= 0.6 is 12.2 Å². The summed E-state index contributed by atoms with van der Waals surface area (Å²) in [6.07, 6.45) is 7.63. The molecule has 0 amide bonds.